The molecule has 0 aromatic heterocycles. The lowest BCUT2D eigenvalue weighted by atomic mass is 10.2. The zero-order valence-electron chi connectivity index (χ0n) is 15.8. The maximum absolute atomic E-state index is 5.42. The fourth-order valence-corrected chi connectivity index (χ4v) is 2.93. The third-order valence-corrected chi connectivity index (χ3v) is 4.91. The summed E-state index contributed by atoms with van der Waals surface area (Å²) >= 11 is 0. The average molecular weight is 453 g/mol. The molecule has 0 bridgehead atoms. The highest BCUT2D eigenvalue weighted by atomic mass is 127. The number of halogens is 1. The molecule has 142 valence electrons. The minimum atomic E-state index is 0. The van der Waals surface area contributed by atoms with Crippen LogP contribution in [0, 0.1) is 0 Å². The second-order valence-corrected chi connectivity index (χ2v) is 6.84. The first-order chi connectivity index (χ1) is 11.1. The molecule has 0 spiro atoms. The second kappa shape index (κ2) is 11.5. The first kappa shape index (κ1) is 21.9. The summed E-state index contributed by atoms with van der Waals surface area (Å²) in [7, 11) is 2.23. The van der Waals surface area contributed by atoms with Gasteiger partial charge in [-0.3, -0.25) is 14.8 Å². The molecule has 2 rings (SSSR count). The van der Waals surface area contributed by atoms with Crippen molar-refractivity contribution in [2.45, 2.75) is 51.7 Å². The van der Waals surface area contributed by atoms with Gasteiger partial charge in [-0.15, -0.1) is 24.0 Å². The number of likely N-dealkylation sites (N-methyl/N-ethyl adjacent to an activating group) is 1. The van der Waals surface area contributed by atoms with E-state index < -0.39 is 0 Å². The summed E-state index contributed by atoms with van der Waals surface area (Å²) in [6.07, 6.45) is 2.71. The van der Waals surface area contributed by atoms with Gasteiger partial charge in [0, 0.05) is 44.3 Å². The van der Waals surface area contributed by atoms with E-state index in [4.69, 9.17) is 9.73 Å². The average Bonchev–Trinajstić information content (AvgIpc) is 3.41. The molecule has 0 aromatic carbocycles. The third kappa shape index (κ3) is 7.41. The SMILES string of the molecule is CCNC(=NCC(C)N1CCOCC1)NCC(C)N(C)C1CC1.I. The number of ether oxygens (including phenoxy) is 1. The van der Waals surface area contributed by atoms with E-state index >= 15 is 0 Å². The van der Waals surface area contributed by atoms with Crippen molar-refractivity contribution in [1.29, 1.82) is 0 Å². The molecule has 0 amide bonds. The monoisotopic (exact) mass is 453 g/mol. The Kier molecular flexibility index (Phi) is 10.5. The Morgan fingerprint density at radius 2 is 1.92 bits per heavy atom. The lowest BCUT2D eigenvalue weighted by Gasteiger charge is -2.31. The van der Waals surface area contributed by atoms with Crippen LogP contribution >= 0.6 is 24.0 Å². The van der Waals surface area contributed by atoms with Crippen LogP contribution in [-0.2, 0) is 4.74 Å². The van der Waals surface area contributed by atoms with Gasteiger partial charge in [0.2, 0.25) is 0 Å². The van der Waals surface area contributed by atoms with E-state index in [0.717, 1.165) is 57.9 Å². The van der Waals surface area contributed by atoms with Crippen LogP contribution in [0.3, 0.4) is 0 Å². The van der Waals surface area contributed by atoms with Crippen molar-refractivity contribution < 1.29 is 4.74 Å². The summed E-state index contributed by atoms with van der Waals surface area (Å²) in [5, 5.41) is 6.85. The number of aliphatic imine (C=N–C) groups is 1. The van der Waals surface area contributed by atoms with E-state index in [-0.39, 0.29) is 24.0 Å². The van der Waals surface area contributed by atoms with E-state index in [1.54, 1.807) is 0 Å². The van der Waals surface area contributed by atoms with Gasteiger partial charge in [-0.2, -0.15) is 0 Å². The zero-order valence-corrected chi connectivity index (χ0v) is 18.1. The maximum Gasteiger partial charge on any atom is 0.191 e. The summed E-state index contributed by atoms with van der Waals surface area (Å²) in [6.45, 7) is 13.0. The fourth-order valence-electron chi connectivity index (χ4n) is 2.93. The molecule has 0 aromatic rings. The Morgan fingerprint density at radius 1 is 1.25 bits per heavy atom. The molecule has 24 heavy (non-hydrogen) atoms. The van der Waals surface area contributed by atoms with Crippen LogP contribution in [0.2, 0.25) is 0 Å². The van der Waals surface area contributed by atoms with Crippen LogP contribution in [0.1, 0.15) is 33.6 Å². The lowest BCUT2D eigenvalue weighted by Crippen LogP contribution is -2.47. The van der Waals surface area contributed by atoms with Crippen molar-refractivity contribution in [3.63, 3.8) is 0 Å². The summed E-state index contributed by atoms with van der Waals surface area (Å²) in [5.41, 5.74) is 0. The quantitative estimate of drug-likeness (QED) is 0.330. The first-order valence-electron chi connectivity index (χ1n) is 9.17. The van der Waals surface area contributed by atoms with Crippen molar-refractivity contribution in [3.8, 4) is 0 Å². The molecule has 2 N–H and O–H groups in total. The number of rotatable bonds is 8. The number of hydrogen-bond donors (Lipinski definition) is 2. The summed E-state index contributed by atoms with van der Waals surface area (Å²) in [5.74, 6) is 0.934. The van der Waals surface area contributed by atoms with Crippen molar-refractivity contribution >= 4 is 29.9 Å². The van der Waals surface area contributed by atoms with E-state index in [9.17, 15) is 0 Å². The maximum atomic E-state index is 5.42. The number of hydrogen-bond acceptors (Lipinski definition) is 4. The second-order valence-electron chi connectivity index (χ2n) is 6.84. The van der Waals surface area contributed by atoms with E-state index in [0.29, 0.717) is 12.1 Å². The molecular formula is C17H36IN5O. The number of morpholine rings is 1. The summed E-state index contributed by atoms with van der Waals surface area (Å²) in [4.78, 5) is 9.71. The molecule has 2 unspecified atom stereocenters. The third-order valence-electron chi connectivity index (χ3n) is 4.91. The molecular weight excluding hydrogens is 417 g/mol. The highest BCUT2D eigenvalue weighted by Gasteiger charge is 2.29. The van der Waals surface area contributed by atoms with E-state index in [2.05, 4.69) is 48.3 Å². The molecule has 2 aliphatic rings. The van der Waals surface area contributed by atoms with Crippen molar-refractivity contribution in [2.24, 2.45) is 4.99 Å². The van der Waals surface area contributed by atoms with Gasteiger partial charge in [-0.05, 0) is 40.7 Å². The van der Waals surface area contributed by atoms with Crippen LogP contribution in [0.5, 0.6) is 0 Å². The van der Waals surface area contributed by atoms with Gasteiger partial charge in [0.15, 0.2) is 5.96 Å². The van der Waals surface area contributed by atoms with E-state index in [1.807, 2.05) is 0 Å². The molecule has 6 nitrogen and oxygen atoms in total. The smallest absolute Gasteiger partial charge is 0.191 e. The highest BCUT2D eigenvalue weighted by Crippen LogP contribution is 2.26. The van der Waals surface area contributed by atoms with Crippen molar-refractivity contribution in [1.82, 2.24) is 20.4 Å². The van der Waals surface area contributed by atoms with Gasteiger partial charge < -0.3 is 15.4 Å². The zero-order chi connectivity index (χ0) is 16.7. The Balaban J connectivity index is 0.00000288. The topological polar surface area (TPSA) is 52.1 Å². The van der Waals surface area contributed by atoms with Crippen LogP contribution in [0.4, 0.5) is 0 Å². The fraction of sp³-hybridized carbons (Fsp3) is 0.941. The molecule has 2 fully saturated rings. The standard InChI is InChI=1S/C17H35N5O.HI/c1-5-18-17(19-12-14(2)21(4)16-6-7-16)20-13-15(3)22-8-10-23-11-9-22;/h14-16H,5-13H2,1-4H3,(H2,18,19,20);1H. The van der Waals surface area contributed by atoms with E-state index in [1.165, 1.54) is 12.8 Å². The van der Waals surface area contributed by atoms with Gasteiger partial charge >= 0.3 is 0 Å². The van der Waals surface area contributed by atoms with Gasteiger partial charge in [0.25, 0.3) is 0 Å². The van der Waals surface area contributed by atoms with Gasteiger partial charge in [0.1, 0.15) is 0 Å². The summed E-state index contributed by atoms with van der Waals surface area (Å²) < 4.78 is 5.42. The first-order valence-corrected chi connectivity index (χ1v) is 9.17. The Labute approximate surface area is 164 Å². The highest BCUT2D eigenvalue weighted by molar-refractivity contribution is 14.0. The lowest BCUT2D eigenvalue weighted by molar-refractivity contribution is 0.0220. The van der Waals surface area contributed by atoms with Crippen LogP contribution in [-0.4, -0.2) is 86.9 Å². The predicted octanol–water partition coefficient (Wildman–Crippen LogP) is 1.36. The molecule has 2 atom stereocenters. The van der Waals surface area contributed by atoms with Gasteiger partial charge in [0.05, 0.1) is 19.8 Å². The number of nitrogens with zero attached hydrogens (tertiary/aromatic N) is 3. The minimum absolute atomic E-state index is 0. The van der Waals surface area contributed by atoms with Gasteiger partial charge in [-0.1, -0.05) is 0 Å². The van der Waals surface area contributed by atoms with Crippen LogP contribution in [0.25, 0.3) is 0 Å². The molecule has 0 radical (unpaired) electrons. The van der Waals surface area contributed by atoms with Crippen LogP contribution in [0.15, 0.2) is 4.99 Å². The molecule has 1 aliphatic heterocycles. The number of guanidine groups is 1. The molecule has 1 aliphatic carbocycles. The molecule has 7 heteroatoms. The van der Waals surface area contributed by atoms with Gasteiger partial charge in [-0.25, -0.2) is 0 Å². The van der Waals surface area contributed by atoms with Crippen molar-refractivity contribution in [3.05, 3.63) is 0 Å². The Morgan fingerprint density at radius 3 is 2.50 bits per heavy atom. The largest absolute Gasteiger partial charge is 0.379 e. The normalized spacial score (nSPS) is 22.0. The Hall–Kier alpha value is -0.120. The number of nitrogens with one attached hydrogen (secondary N) is 2. The van der Waals surface area contributed by atoms with Crippen molar-refractivity contribution in [2.75, 3.05) is 53.0 Å². The molecule has 1 heterocycles. The molecule has 1 saturated heterocycles. The molecule has 1 saturated carbocycles. The summed E-state index contributed by atoms with van der Waals surface area (Å²) in [6, 6.07) is 1.79. The Bertz CT molecular complexity index is 372. The van der Waals surface area contributed by atoms with Crippen LogP contribution < -0.4 is 10.6 Å². The predicted molar refractivity (Wildman–Crippen MR) is 111 cm³/mol. The minimum Gasteiger partial charge on any atom is -0.379 e.